The molecule has 1 aromatic rings. The van der Waals surface area contributed by atoms with Crippen molar-refractivity contribution in [1.29, 1.82) is 0 Å². The number of thioether (sulfide) groups is 1. The molecule has 1 saturated heterocycles. The third-order valence-electron chi connectivity index (χ3n) is 3.91. The van der Waals surface area contributed by atoms with Crippen molar-refractivity contribution >= 4 is 21.8 Å². The minimum absolute atomic E-state index is 0.175. The zero-order chi connectivity index (χ0) is 15.6. The highest BCUT2D eigenvalue weighted by Crippen LogP contribution is 2.33. The minimum atomic E-state index is -3.60. The number of nitrogens with one attached hydrogen (secondary N) is 1. The van der Waals surface area contributed by atoms with Gasteiger partial charge in [0.2, 0.25) is 10.0 Å². The van der Waals surface area contributed by atoms with Crippen LogP contribution in [0.25, 0.3) is 0 Å². The minimum Gasteiger partial charge on any atom is -0.486 e. The lowest BCUT2D eigenvalue weighted by atomic mass is 10.0. The first-order chi connectivity index (χ1) is 10.5. The largest absolute Gasteiger partial charge is 0.486 e. The Morgan fingerprint density at radius 3 is 2.77 bits per heavy atom. The second-order valence-corrected chi connectivity index (χ2v) is 8.19. The van der Waals surface area contributed by atoms with E-state index in [1.54, 1.807) is 24.9 Å². The first kappa shape index (κ1) is 15.9. The number of fused-ring (bicyclic) bond motifs is 1. The average Bonchev–Trinajstić information content (AvgIpc) is 3.02. The zero-order valence-electron chi connectivity index (χ0n) is 12.3. The quantitative estimate of drug-likeness (QED) is 0.866. The molecule has 1 fully saturated rings. The van der Waals surface area contributed by atoms with Gasteiger partial charge in [-0.15, -0.1) is 0 Å². The summed E-state index contributed by atoms with van der Waals surface area (Å²) in [5.74, 6) is 2.82. The molecule has 0 aromatic heterocycles. The number of benzene rings is 1. The average molecular weight is 345 g/mol. The maximum atomic E-state index is 12.5. The maximum Gasteiger partial charge on any atom is 0.240 e. The fourth-order valence-corrected chi connectivity index (χ4v) is 4.99. The van der Waals surface area contributed by atoms with E-state index in [2.05, 4.69) is 4.72 Å². The van der Waals surface area contributed by atoms with Gasteiger partial charge in [0.1, 0.15) is 13.2 Å². The summed E-state index contributed by atoms with van der Waals surface area (Å²) >= 11 is 1.77. The number of sulfonamides is 1. The van der Waals surface area contributed by atoms with Crippen molar-refractivity contribution in [2.24, 2.45) is 0 Å². The Balaban J connectivity index is 1.75. The summed E-state index contributed by atoms with van der Waals surface area (Å²) in [5.41, 5.74) is -0.411. The number of rotatable bonds is 5. The van der Waals surface area contributed by atoms with Crippen molar-refractivity contribution in [3.8, 4) is 11.5 Å². The van der Waals surface area contributed by atoms with Crippen LogP contribution in [0.2, 0.25) is 0 Å². The van der Waals surface area contributed by atoms with E-state index in [0.29, 0.717) is 24.7 Å². The van der Waals surface area contributed by atoms with E-state index in [-0.39, 0.29) is 11.4 Å². The van der Waals surface area contributed by atoms with Crippen LogP contribution < -0.4 is 14.2 Å². The van der Waals surface area contributed by atoms with Gasteiger partial charge in [-0.3, -0.25) is 0 Å². The Kier molecular flexibility index (Phi) is 4.54. The number of methoxy groups -OCH3 is 1. The highest BCUT2D eigenvalue weighted by atomic mass is 32.2. The van der Waals surface area contributed by atoms with Crippen LogP contribution in [-0.4, -0.2) is 52.4 Å². The molecule has 2 heterocycles. The molecule has 1 aromatic carbocycles. The lowest BCUT2D eigenvalue weighted by molar-refractivity contribution is 0.0179. The monoisotopic (exact) mass is 345 g/mol. The predicted octanol–water partition coefficient (Wildman–Crippen LogP) is 1.26. The van der Waals surface area contributed by atoms with E-state index in [4.69, 9.17) is 14.2 Å². The van der Waals surface area contributed by atoms with Crippen LogP contribution in [0.5, 0.6) is 11.5 Å². The smallest absolute Gasteiger partial charge is 0.240 e. The van der Waals surface area contributed by atoms with Crippen LogP contribution >= 0.6 is 11.8 Å². The molecule has 1 unspecified atom stereocenters. The van der Waals surface area contributed by atoms with Gasteiger partial charge >= 0.3 is 0 Å². The fraction of sp³-hybridized carbons (Fsp3) is 0.571. The molecule has 6 nitrogen and oxygen atoms in total. The lowest BCUT2D eigenvalue weighted by Crippen LogP contribution is -2.44. The Morgan fingerprint density at radius 2 is 2.09 bits per heavy atom. The first-order valence-electron chi connectivity index (χ1n) is 7.07. The summed E-state index contributed by atoms with van der Waals surface area (Å²) in [7, 11) is -1.98. The van der Waals surface area contributed by atoms with Crippen LogP contribution in [0, 0.1) is 0 Å². The predicted molar refractivity (Wildman–Crippen MR) is 84.3 cm³/mol. The summed E-state index contributed by atoms with van der Waals surface area (Å²) in [4.78, 5) is 0.175. The van der Waals surface area contributed by atoms with Crippen LogP contribution in [0.3, 0.4) is 0 Å². The number of hydrogen-bond donors (Lipinski definition) is 1. The van der Waals surface area contributed by atoms with Crippen molar-refractivity contribution in [2.45, 2.75) is 16.9 Å². The molecule has 0 radical (unpaired) electrons. The summed E-state index contributed by atoms with van der Waals surface area (Å²) in [6.07, 6.45) is 0.845. The molecular weight excluding hydrogens is 326 g/mol. The highest BCUT2D eigenvalue weighted by molar-refractivity contribution is 7.99. The molecular formula is C14H19NO5S2. The topological polar surface area (TPSA) is 73.9 Å². The van der Waals surface area contributed by atoms with Crippen molar-refractivity contribution in [3.63, 3.8) is 0 Å². The second kappa shape index (κ2) is 6.27. The van der Waals surface area contributed by atoms with Crippen molar-refractivity contribution in [1.82, 2.24) is 4.72 Å². The first-order valence-corrected chi connectivity index (χ1v) is 9.71. The van der Waals surface area contributed by atoms with E-state index in [1.165, 1.54) is 12.1 Å². The standard InChI is InChI=1S/C14H19NO5S2/c1-18-14(4-7-21-10-14)9-15-22(16,17)11-2-3-12-13(8-11)20-6-5-19-12/h2-3,8,15H,4-7,9-10H2,1H3. The molecule has 8 heteroatoms. The van der Waals surface area contributed by atoms with Crippen LogP contribution in [0.15, 0.2) is 23.1 Å². The summed E-state index contributed by atoms with van der Waals surface area (Å²) < 4.78 is 43.9. The van der Waals surface area contributed by atoms with Crippen LogP contribution in [-0.2, 0) is 14.8 Å². The van der Waals surface area contributed by atoms with Gasteiger partial charge in [-0.2, -0.15) is 11.8 Å². The van der Waals surface area contributed by atoms with Gasteiger partial charge in [0.05, 0.1) is 10.5 Å². The van der Waals surface area contributed by atoms with Crippen molar-refractivity contribution < 1.29 is 22.6 Å². The third-order valence-corrected chi connectivity index (χ3v) is 6.53. The third kappa shape index (κ3) is 3.19. The molecule has 0 aliphatic carbocycles. The Bertz CT molecular complexity index is 641. The Labute approximate surface area is 134 Å². The summed E-state index contributed by atoms with van der Waals surface area (Å²) in [5, 5.41) is 0. The summed E-state index contributed by atoms with van der Waals surface area (Å²) in [6, 6.07) is 4.65. The lowest BCUT2D eigenvalue weighted by Gasteiger charge is -2.26. The van der Waals surface area contributed by atoms with Crippen LogP contribution in [0.1, 0.15) is 6.42 Å². The normalized spacial score (nSPS) is 24.4. The molecule has 0 bridgehead atoms. The molecule has 1 atom stereocenters. The molecule has 0 amide bonds. The van der Waals surface area contributed by atoms with E-state index < -0.39 is 15.6 Å². The van der Waals surface area contributed by atoms with Gasteiger partial charge in [-0.05, 0) is 24.3 Å². The van der Waals surface area contributed by atoms with Gasteiger partial charge in [-0.25, -0.2) is 13.1 Å². The number of ether oxygens (including phenoxy) is 3. The van der Waals surface area contributed by atoms with Crippen LogP contribution in [0.4, 0.5) is 0 Å². The maximum absolute atomic E-state index is 12.5. The van der Waals surface area contributed by atoms with Crippen molar-refractivity contribution in [3.05, 3.63) is 18.2 Å². The van der Waals surface area contributed by atoms with Gasteiger partial charge < -0.3 is 14.2 Å². The van der Waals surface area contributed by atoms with E-state index >= 15 is 0 Å². The fourth-order valence-electron chi connectivity index (χ4n) is 2.46. The Morgan fingerprint density at radius 1 is 1.32 bits per heavy atom. The van der Waals surface area contributed by atoms with Gasteiger partial charge in [0, 0.05) is 25.5 Å². The molecule has 2 aliphatic rings. The zero-order valence-corrected chi connectivity index (χ0v) is 14.0. The van der Waals surface area contributed by atoms with Crippen molar-refractivity contribution in [2.75, 3.05) is 38.4 Å². The summed E-state index contributed by atoms with van der Waals surface area (Å²) in [6.45, 7) is 1.17. The molecule has 22 heavy (non-hydrogen) atoms. The molecule has 1 N–H and O–H groups in total. The SMILES string of the molecule is COC1(CNS(=O)(=O)c2ccc3c(c2)OCCO3)CCSC1. The molecule has 0 spiro atoms. The van der Waals surface area contributed by atoms with Gasteiger partial charge in [0.25, 0.3) is 0 Å². The molecule has 122 valence electrons. The molecule has 2 aliphatic heterocycles. The Hall–Kier alpha value is -0.960. The van der Waals surface area contributed by atoms with E-state index in [0.717, 1.165) is 17.9 Å². The number of hydrogen-bond acceptors (Lipinski definition) is 6. The van der Waals surface area contributed by atoms with Gasteiger partial charge in [-0.1, -0.05) is 0 Å². The highest BCUT2D eigenvalue weighted by Gasteiger charge is 2.35. The molecule has 3 rings (SSSR count). The van der Waals surface area contributed by atoms with E-state index in [1.807, 2.05) is 0 Å². The van der Waals surface area contributed by atoms with E-state index in [9.17, 15) is 8.42 Å². The second-order valence-electron chi connectivity index (χ2n) is 5.32. The van der Waals surface area contributed by atoms with Gasteiger partial charge in [0.15, 0.2) is 11.5 Å². The molecule has 0 saturated carbocycles.